The second-order valence-electron chi connectivity index (χ2n) is 2.49. The summed E-state index contributed by atoms with van der Waals surface area (Å²) in [4.78, 5) is 18.9. The quantitative estimate of drug-likeness (QED) is 0.752. The molecule has 1 aromatic rings. The molecule has 0 saturated carbocycles. The lowest BCUT2D eigenvalue weighted by Crippen LogP contribution is -1.97. The van der Waals surface area contributed by atoms with E-state index in [1.807, 2.05) is 0 Å². The average molecular weight is 251 g/mol. The molecule has 0 aliphatic heterocycles. The summed E-state index contributed by atoms with van der Waals surface area (Å²) >= 11 is 11.4. The molecule has 0 aromatic heterocycles. The Morgan fingerprint density at radius 2 is 1.80 bits per heavy atom. The summed E-state index contributed by atoms with van der Waals surface area (Å²) in [5.41, 5.74) is 0.805. The van der Waals surface area contributed by atoms with Crippen LogP contribution in [0.1, 0.15) is 15.9 Å². The molecule has 0 heterocycles. The Morgan fingerprint density at radius 3 is 2.20 bits per heavy atom. The van der Waals surface area contributed by atoms with Crippen LogP contribution in [-0.2, 0) is 4.79 Å². The number of aromatic carboxylic acids is 1. The molecule has 0 fully saturated rings. The van der Waals surface area contributed by atoms with Crippen LogP contribution in [0.3, 0.4) is 0 Å². The van der Waals surface area contributed by atoms with Crippen molar-refractivity contribution in [2.24, 2.45) is 0 Å². The first kappa shape index (κ1) is 13.7. The topological polar surface area (TPSA) is 74.6 Å². The molecule has 0 amide bonds. The van der Waals surface area contributed by atoms with Gasteiger partial charge < -0.3 is 10.2 Å². The van der Waals surface area contributed by atoms with Gasteiger partial charge in [-0.05, 0) is 24.6 Å². The van der Waals surface area contributed by atoms with Gasteiger partial charge in [0.2, 0.25) is 0 Å². The van der Waals surface area contributed by atoms with Crippen molar-refractivity contribution in [3.63, 3.8) is 0 Å². The lowest BCUT2D eigenvalue weighted by atomic mass is 10.1. The van der Waals surface area contributed by atoms with Crippen molar-refractivity contribution in [3.05, 3.63) is 33.3 Å². The number of benzene rings is 1. The van der Waals surface area contributed by atoms with Gasteiger partial charge in [-0.2, -0.15) is 0 Å². The van der Waals surface area contributed by atoms with Crippen LogP contribution in [0.5, 0.6) is 0 Å². The van der Waals surface area contributed by atoms with Crippen LogP contribution in [0.4, 0.5) is 0 Å². The summed E-state index contributed by atoms with van der Waals surface area (Å²) in [6, 6.07) is 2.88. The van der Waals surface area contributed by atoms with Gasteiger partial charge in [0.25, 0.3) is 6.47 Å². The molecule has 0 spiro atoms. The Bertz CT molecular complexity index is 377. The zero-order valence-corrected chi connectivity index (χ0v) is 9.21. The maximum Gasteiger partial charge on any atom is 0.337 e. The Labute approximate surface area is 96.1 Å². The summed E-state index contributed by atoms with van der Waals surface area (Å²) < 4.78 is 0. The number of carboxylic acids is 1. The SMILES string of the molecule is Cc1cc(Cl)c(C(=O)O)cc1Cl.O=CO. The Hall–Kier alpha value is -1.26. The molecule has 15 heavy (non-hydrogen) atoms. The van der Waals surface area contributed by atoms with E-state index in [4.69, 9.17) is 38.2 Å². The van der Waals surface area contributed by atoms with Gasteiger partial charge in [0.1, 0.15) is 0 Å². The van der Waals surface area contributed by atoms with Crippen LogP contribution < -0.4 is 0 Å². The Balaban J connectivity index is 0.000000583. The molecular formula is C9H8Cl2O4. The lowest BCUT2D eigenvalue weighted by Gasteiger charge is -2.01. The van der Waals surface area contributed by atoms with E-state index in [1.54, 1.807) is 6.92 Å². The summed E-state index contributed by atoms with van der Waals surface area (Å²) in [5, 5.41) is 16.2. The van der Waals surface area contributed by atoms with Crippen LogP contribution in [0.2, 0.25) is 10.0 Å². The highest BCUT2D eigenvalue weighted by Gasteiger charge is 2.10. The highest BCUT2D eigenvalue weighted by Crippen LogP contribution is 2.24. The van der Waals surface area contributed by atoms with Gasteiger partial charge in [-0.3, -0.25) is 4.79 Å². The van der Waals surface area contributed by atoms with E-state index in [0.717, 1.165) is 5.56 Å². The number of hydrogen-bond donors (Lipinski definition) is 2. The van der Waals surface area contributed by atoms with Crippen LogP contribution in [-0.4, -0.2) is 22.7 Å². The highest BCUT2D eigenvalue weighted by atomic mass is 35.5. The van der Waals surface area contributed by atoms with E-state index in [-0.39, 0.29) is 17.1 Å². The molecular weight excluding hydrogens is 243 g/mol. The number of carbonyl (C=O) groups is 2. The molecule has 0 radical (unpaired) electrons. The van der Waals surface area contributed by atoms with E-state index in [0.29, 0.717) is 5.02 Å². The zero-order chi connectivity index (χ0) is 12.0. The fourth-order valence-corrected chi connectivity index (χ4v) is 1.27. The van der Waals surface area contributed by atoms with E-state index >= 15 is 0 Å². The Kier molecular flexibility index (Phi) is 5.74. The molecule has 0 saturated heterocycles. The van der Waals surface area contributed by atoms with Crippen molar-refractivity contribution < 1.29 is 19.8 Å². The van der Waals surface area contributed by atoms with Crippen molar-refractivity contribution in [1.82, 2.24) is 0 Å². The summed E-state index contributed by atoms with van der Waals surface area (Å²) in [5.74, 6) is -1.07. The van der Waals surface area contributed by atoms with Gasteiger partial charge in [-0.1, -0.05) is 23.2 Å². The molecule has 0 bridgehead atoms. The number of hydrogen-bond acceptors (Lipinski definition) is 2. The molecule has 0 atom stereocenters. The number of aryl methyl sites for hydroxylation is 1. The maximum absolute atomic E-state index is 10.5. The molecule has 1 aromatic carbocycles. The first-order chi connectivity index (χ1) is 6.93. The first-order valence-electron chi connectivity index (χ1n) is 3.70. The number of halogens is 2. The number of rotatable bonds is 1. The summed E-state index contributed by atoms with van der Waals surface area (Å²) in [6.07, 6.45) is 0. The minimum atomic E-state index is -1.07. The third kappa shape index (κ3) is 4.18. The fourth-order valence-electron chi connectivity index (χ4n) is 0.810. The standard InChI is InChI=1S/C8H6Cl2O2.CH2O2/c1-4-2-7(10)5(8(11)12)3-6(4)9;2-1-3/h2-3H,1H3,(H,11,12);1H,(H,2,3). The molecule has 0 aliphatic rings. The monoisotopic (exact) mass is 250 g/mol. The normalized spacial score (nSPS) is 8.73. The van der Waals surface area contributed by atoms with Gasteiger partial charge in [0.15, 0.2) is 0 Å². The largest absolute Gasteiger partial charge is 0.483 e. The predicted molar refractivity (Wildman–Crippen MR) is 56.9 cm³/mol. The van der Waals surface area contributed by atoms with E-state index in [1.165, 1.54) is 12.1 Å². The molecule has 6 heteroatoms. The van der Waals surface area contributed by atoms with Gasteiger partial charge >= 0.3 is 5.97 Å². The minimum absolute atomic E-state index is 0.0345. The third-order valence-corrected chi connectivity index (χ3v) is 2.20. The van der Waals surface area contributed by atoms with Crippen molar-refractivity contribution >= 4 is 35.6 Å². The van der Waals surface area contributed by atoms with Gasteiger partial charge in [-0.25, -0.2) is 4.79 Å². The minimum Gasteiger partial charge on any atom is -0.483 e. The summed E-state index contributed by atoms with van der Waals surface area (Å²) in [6.45, 7) is 1.51. The molecule has 0 unspecified atom stereocenters. The van der Waals surface area contributed by atoms with Crippen LogP contribution in [0.15, 0.2) is 12.1 Å². The maximum atomic E-state index is 10.5. The van der Waals surface area contributed by atoms with Crippen LogP contribution in [0.25, 0.3) is 0 Å². The van der Waals surface area contributed by atoms with E-state index in [9.17, 15) is 4.79 Å². The van der Waals surface area contributed by atoms with Gasteiger partial charge in [0.05, 0.1) is 10.6 Å². The average Bonchev–Trinajstić information content (AvgIpc) is 2.12. The summed E-state index contributed by atoms with van der Waals surface area (Å²) in [7, 11) is 0. The molecule has 4 nitrogen and oxygen atoms in total. The molecule has 0 aliphatic carbocycles. The van der Waals surface area contributed by atoms with Crippen LogP contribution in [0, 0.1) is 6.92 Å². The zero-order valence-electron chi connectivity index (χ0n) is 7.70. The fraction of sp³-hybridized carbons (Fsp3) is 0.111. The van der Waals surface area contributed by atoms with Gasteiger partial charge in [-0.15, -0.1) is 0 Å². The predicted octanol–water partition coefficient (Wildman–Crippen LogP) is 2.70. The first-order valence-corrected chi connectivity index (χ1v) is 4.46. The highest BCUT2D eigenvalue weighted by molar-refractivity contribution is 6.35. The van der Waals surface area contributed by atoms with Gasteiger partial charge in [0, 0.05) is 5.02 Å². The van der Waals surface area contributed by atoms with Crippen molar-refractivity contribution in [2.75, 3.05) is 0 Å². The third-order valence-electron chi connectivity index (χ3n) is 1.48. The smallest absolute Gasteiger partial charge is 0.337 e. The van der Waals surface area contributed by atoms with E-state index in [2.05, 4.69) is 0 Å². The second-order valence-corrected chi connectivity index (χ2v) is 3.31. The van der Waals surface area contributed by atoms with Crippen molar-refractivity contribution in [2.45, 2.75) is 6.92 Å². The van der Waals surface area contributed by atoms with E-state index < -0.39 is 5.97 Å². The van der Waals surface area contributed by atoms with Crippen molar-refractivity contribution in [1.29, 1.82) is 0 Å². The molecule has 1 rings (SSSR count). The number of carboxylic acid groups (broad SMARTS) is 2. The lowest BCUT2D eigenvalue weighted by molar-refractivity contribution is -0.122. The second kappa shape index (κ2) is 6.27. The van der Waals surface area contributed by atoms with Crippen molar-refractivity contribution in [3.8, 4) is 0 Å². The Morgan fingerprint density at radius 1 is 1.33 bits per heavy atom. The molecule has 82 valence electrons. The molecule has 2 N–H and O–H groups in total. The van der Waals surface area contributed by atoms with Crippen LogP contribution >= 0.6 is 23.2 Å².